The lowest BCUT2D eigenvalue weighted by Gasteiger charge is -2.25. The Morgan fingerprint density at radius 3 is 2.61 bits per heavy atom. The molecule has 0 amide bonds. The lowest BCUT2D eigenvalue weighted by molar-refractivity contribution is 0.252. The van der Waals surface area contributed by atoms with Crippen LogP contribution >= 0.6 is 23.5 Å². The van der Waals surface area contributed by atoms with Crippen LogP contribution in [0.2, 0.25) is 0 Å². The summed E-state index contributed by atoms with van der Waals surface area (Å²) in [7, 11) is 0. The molecule has 18 heavy (non-hydrogen) atoms. The second kappa shape index (κ2) is 5.43. The van der Waals surface area contributed by atoms with Crippen molar-refractivity contribution in [3.05, 3.63) is 11.7 Å². The van der Waals surface area contributed by atoms with Gasteiger partial charge in [0.25, 0.3) is 0 Å². The fourth-order valence-corrected chi connectivity index (χ4v) is 4.46. The summed E-state index contributed by atoms with van der Waals surface area (Å²) in [6, 6.07) is -0.213. The van der Waals surface area contributed by atoms with E-state index in [2.05, 4.69) is 37.8 Å². The van der Waals surface area contributed by atoms with E-state index in [-0.39, 0.29) is 11.5 Å². The molecule has 1 aromatic rings. The topological polar surface area (TPSA) is 64.9 Å². The standard InChI is InChI=1S/C12H21N3OS2/c1-7-8(18-6-5-17-7)10-14-11(16-15-10)9(13)12(2,3)4/h7-9H,5-6,13H2,1-4H3/t7?,8?,9-/m1/s1. The van der Waals surface area contributed by atoms with Crippen LogP contribution in [0.3, 0.4) is 0 Å². The lowest BCUT2D eigenvalue weighted by atomic mass is 9.87. The largest absolute Gasteiger partial charge is 0.338 e. The molecule has 102 valence electrons. The van der Waals surface area contributed by atoms with Crippen LogP contribution in [0.4, 0.5) is 0 Å². The Labute approximate surface area is 117 Å². The first-order chi connectivity index (χ1) is 8.39. The van der Waals surface area contributed by atoms with E-state index in [0.717, 1.165) is 11.6 Å². The maximum atomic E-state index is 6.14. The Hall–Kier alpha value is -0.200. The highest BCUT2D eigenvalue weighted by molar-refractivity contribution is 8.06. The number of thioether (sulfide) groups is 2. The van der Waals surface area contributed by atoms with Gasteiger partial charge in [0.1, 0.15) is 0 Å². The third-order valence-electron chi connectivity index (χ3n) is 3.10. The zero-order valence-corrected chi connectivity index (χ0v) is 13.0. The van der Waals surface area contributed by atoms with Gasteiger partial charge in [-0.1, -0.05) is 32.9 Å². The van der Waals surface area contributed by atoms with Crippen molar-refractivity contribution >= 4 is 23.5 Å². The fourth-order valence-electron chi connectivity index (χ4n) is 1.78. The molecule has 0 spiro atoms. The quantitative estimate of drug-likeness (QED) is 0.902. The number of hydrogen-bond acceptors (Lipinski definition) is 6. The molecule has 4 nitrogen and oxygen atoms in total. The Kier molecular flexibility index (Phi) is 4.29. The molecule has 0 saturated carbocycles. The Bertz CT molecular complexity index is 402. The highest BCUT2D eigenvalue weighted by Gasteiger charge is 2.32. The highest BCUT2D eigenvalue weighted by Crippen LogP contribution is 2.41. The first kappa shape index (κ1) is 14.2. The first-order valence-corrected chi connectivity index (χ1v) is 8.31. The summed E-state index contributed by atoms with van der Waals surface area (Å²) < 4.78 is 5.35. The molecule has 2 N–H and O–H groups in total. The molecule has 1 aliphatic heterocycles. The average molecular weight is 287 g/mol. The van der Waals surface area contributed by atoms with Crippen LogP contribution in [-0.4, -0.2) is 26.9 Å². The minimum atomic E-state index is -0.213. The van der Waals surface area contributed by atoms with Gasteiger partial charge in [0.2, 0.25) is 5.89 Å². The van der Waals surface area contributed by atoms with E-state index in [1.807, 2.05) is 23.5 Å². The molecule has 1 aliphatic rings. The van der Waals surface area contributed by atoms with Crippen molar-refractivity contribution in [1.82, 2.24) is 10.1 Å². The van der Waals surface area contributed by atoms with Crippen LogP contribution in [-0.2, 0) is 0 Å². The van der Waals surface area contributed by atoms with Crippen LogP contribution in [0, 0.1) is 5.41 Å². The van der Waals surface area contributed by atoms with Crippen LogP contribution in [0.15, 0.2) is 4.52 Å². The van der Waals surface area contributed by atoms with E-state index in [0.29, 0.717) is 16.4 Å². The molecular weight excluding hydrogens is 266 g/mol. The molecular formula is C12H21N3OS2. The maximum Gasteiger partial charge on any atom is 0.244 e. The lowest BCUT2D eigenvalue weighted by Crippen LogP contribution is -2.26. The molecule has 0 bridgehead atoms. The minimum absolute atomic E-state index is 0.0656. The van der Waals surface area contributed by atoms with Gasteiger partial charge in [-0.3, -0.25) is 0 Å². The van der Waals surface area contributed by atoms with Crippen molar-refractivity contribution in [2.75, 3.05) is 11.5 Å². The second-order valence-corrected chi connectivity index (χ2v) is 8.44. The van der Waals surface area contributed by atoms with Gasteiger partial charge in [0.15, 0.2) is 5.82 Å². The van der Waals surface area contributed by atoms with E-state index < -0.39 is 0 Å². The molecule has 0 radical (unpaired) electrons. The summed E-state index contributed by atoms with van der Waals surface area (Å²) in [5, 5.41) is 4.98. The third kappa shape index (κ3) is 3.03. The summed E-state index contributed by atoms with van der Waals surface area (Å²) >= 11 is 3.88. The molecule has 3 atom stereocenters. The maximum absolute atomic E-state index is 6.14. The monoisotopic (exact) mass is 287 g/mol. The number of nitrogens with two attached hydrogens (primary N) is 1. The predicted octanol–water partition coefficient (Wildman–Crippen LogP) is 3.03. The van der Waals surface area contributed by atoms with Crippen LogP contribution < -0.4 is 5.73 Å². The fraction of sp³-hybridized carbons (Fsp3) is 0.833. The van der Waals surface area contributed by atoms with Crippen molar-refractivity contribution in [2.45, 2.75) is 44.2 Å². The second-order valence-electron chi connectivity index (χ2n) is 5.70. The van der Waals surface area contributed by atoms with E-state index in [9.17, 15) is 0 Å². The molecule has 2 unspecified atom stereocenters. The Morgan fingerprint density at radius 1 is 1.33 bits per heavy atom. The molecule has 1 fully saturated rings. The zero-order valence-electron chi connectivity index (χ0n) is 11.3. The van der Waals surface area contributed by atoms with E-state index in [1.54, 1.807) is 0 Å². The zero-order chi connectivity index (χ0) is 13.3. The smallest absolute Gasteiger partial charge is 0.244 e. The average Bonchev–Trinajstić information content (AvgIpc) is 2.76. The third-order valence-corrected chi connectivity index (χ3v) is 6.19. The number of aromatic nitrogens is 2. The van der Waals surface area contributed by atoms with E-state index in [4.69, 9.17) is 10.3 Å². The minimum Gasteiger partial charge on any atom is -0.338 e. The Morgan fingerprint density at radius 2 is 2.00 bits per heavy atom. The summed E-state index contributed by atoms with van der Waals surface area (Å²) in [5.74, 6) is 3.71. The summed E-state index contributed by atoms with van der Waals surface area (Å²) in [6.07, 6.45) is 0. The van der Waals surface area contributed by atoms with Crippen LogP contribution in [0.5, 0.6) is 0 Å². The molecule has 6 heteroatoms. The number of nitrogens with zero attached hydrogens (tertiary/aromatic N) is 2. The van der Waals surface area contributed by atoms with Gasteiger partial charge in [-0.05, 0) is 5.41 Å². The number of rotatable bonds is 2. The first-order valence-electron chi connectivity index (χ1n) is 6.22. The molecule has 2 heterocycles. The van der Waals surface area contributed by atoms with Crippen molar-refractivity contribution in [1.29, 1.82) is 0 Å². The van der Waals surface area contributed by atoms with Gasteiger partial charge >= 0.3 is 0 Å². The Balaban J connectivity index is 2.15. The van der Waals surface area contributed by atoms with Crippen LogP contribution in [0.25, 0.3) is 0 Å². The van der Waals surface area contributed by atoms with Crippen LogP contribution in [0.1, 0.15) is 50.7 Å². The van der Waals surface area contributed by atoms with Gasteiger partial charge in [-0.2, -0.15) is 16.7 Å². The van der Waals surface area contributed by atoms with E-state index in [1.165, 1.54) is 5.75 Å². The molecule has 1 saturated heterocycles. The SMILES string of the molecule is CC1SCCSC1c1noc([C@@H](N)C(C)(C)C)n1. The van der Waals surface area contributed by atoms with E-state index >= 15 is 0 Å². The van der Waals surface area contributed by atoms with Crippen molar-refractivity contribution < 1.29 is 4.52 Å². The van der Waals surface area contributed by atoms with Gasteiger partial charge < -0.3 is 10.3 Å². The molecule has 0 aliphatic carbocycles. The molecule has 1 aromatic heterocycles. The number of hydrogen-bond donors (Lipinski definition) is 1. The normalized spacial score (nSPS) is 27.2. The predicted molar refractivity (Wildman–Crippen MR) is 77.8 cm³/mol. The summed E-state index contributed by atoms with van der Waals surface area (Å²) in [5.41, 5.74) is 6.08. The van der Waals surface area contributed by atoms with Crippen molar-refractivity contribution in [3.63, 3.8) is 0 Å². The van der Waals surface area contributed by atoms with Gasteiger partial charge in [-0.25, -0.2) is 0 Å². The van der Waals surface area contributed by atoms with Gasteiger partial charge in [0, 0.05) is 16.8 Å². The van der Waals surface area contributed by atoms with Crippen molar-refractivity contribution in [2.24, 2.45) is 11.1 Å². The van der Waals surface area contributed by atoms with Gasteiger partial charge in [0.05, 0.1) is 11.3 Å². The molecule has 0 aromatic carbocycles. The molecule has 2 rings (SSSR count). The summed E-state index contributed by atoms with van der Waals surface area (Å²) in [6.45, 7) is 8.46. The summed E-state index contributed by atoms with van der Waals surface area (Å²) in [4.78, 5) is 4.51. The van der Waals surface area contributed by atoms with Crippen molar-refractivity contribution in [3.8, 4) is 0 Å². The van der Waals surface area contributed by atoms with Gasteiger partial charge in [-0.15, -0.1) is 11.8 Å². The highest BCUT2D eigenvalue weighted by atomic mass is 32.2.